The fourth-order valence-corrected chi connectivity index (χ4v) is 2.29. The lowest BCUT2D eigenvalue weighted by Crippen LogP contribution is -1.99. The molecule has 0 radical (unpaired) electrons. The van der Waals surface area contributed by atoms with E-state index in [1.165, 1.54) is 0 Å². The van der Waals surface area contributed by atoms with Gasteiger partial charge in [0.2, 0.25) is 0 Å². The Labute approximate surface area is 114 Å². The molecule has 0 saturated carbocycles. The van der Waals surface area contributed by atoms with Crippen molar-refractivity contribution < 1.29 is 18.7 Å². The molecular formula is C14H14N2O4. The van der Waals surface area contributed by atoms with Gasteiger partial charge in [-0.3, -0.25) is 0 Å². The average molecular weight is 274 g/mol. The van der Waals surface area contributed by atoms with E-state index in [0.717, 1.165) is 5.56 Å². The highest BCUT2D eigenvalue weighted by atomic mass is 16.4. The number of nitrogens with zero attached hydrogens (tertiary/aromatic N) is 2. The summed E-state index contributed by atoms with van der Waals surface area (Å²) in [5, 5.41) is 9.47. The van der Waals surface area contributed by atoms with Crippen LogP contribution in [0.3, 0.4) is 0 Å². The molecule has 6 nitrogen and oxygen atoms in total. The summed E-state index contributed by atoms with van der Waals surface area (Å²) < 4.78 is 11.2. The topological polar surface area (TPSA) is 89.4 Å². The van der Waals surface area contributed by atoms with Crippen molar-refractivity contribution in [3.05, 3.63) is 22.9 Å². The van der Waals surface area contributed by atoms with E-state index in [4.69, 9.17) is 8.83 Å². The first-order chi connectivity index (χ1) is 9.56. The largest absolute Gasteiger partial charge is 0.477 e. The molecule has 0 spiro atoms. The van der Waals surface area contributed by atoms with Crippen LogP contribution in [0.1, 0.15) is 41.6 Å². The number of aromatic carboxylic acids is 1. The lowest BCUT2D eigenvalue weighted by Gasteiger charge is -1.99. The maximum Gasteiger partial charge on any atom is 0.341 e. The van der Waals surface area contributed by atoms with Gasteiger partial charge in [-0.1, -0.05) is 13.8 Å². The summed E-state index contributed by atoms with van der Waals surface area (Å²) in [6.07, 6.45) is 1.20. The first kappa shape index (κ1) is 12.7. The van der Waals surface area contributed by atoms with Crippen LogP contribution < -0.4 is 0 Å². The van der Waals surface area contributed by atoms with Gasteiger partial charge in [0.1, 0.15) is 16.6 Å². The van der Waals surface area contributed by atoms with Gasteiger partial charge in [0.05, 0.1) is 0 Å². The number of aryl methyl sites for hydroxylation is 3. The van der Waals surface area contributed by atoms with E-state index >= 15 is 0 Å². The minimum Gasteiger partial charge on any atom is -0.477 e. The lowest BCUT2D eigenvalue weighted by molar-refractivity contribution is 0.0699. The van der Waals surface area contributed by atoms with Gasteiger partial charge in [0.15, 0.2) is 22.9 Å². The van der Waals surface area contributed by atoms with E-state index < -0.39 is 5.97 Å². The van der Waals surface area contributed by atoms with Crippen LogP contribution >= 0.6 is 0 Å². The third-order valence-corrected chi connectivity index (χ3v) is 3.32. The van der Waals surface area contributed by atoms with Gasteiger partial charge in [0, 0.05) is 18.4 Å². The van der Waals surface area contributed by atoms with E-state index in [1.807, 2.05) is 20.8 Å². The molecule has 0 unspecified atom stereocenters. The Hall–Kier alpha value is -2.37. The van der Waals surface area contributed by atoms with Gasteiger partial charge in [-0.25, -0.2) is 14.8 Å². The molecule has 2 heterocycles. The number of benzene rings is 1. The second kappa shape index (κ2) is 4.33. The Morgan fingerprint density at radius 3 is 2.15 bits per heavy atom. The first-order valence-corrected chi connectivity index (χ1v) is 6.51. The number of carboxylic acids is 1. The van der Waals surface area contributed by atoms with Crippen LogP contribution in [-0.4, -0.2) is 21.0 Å². The number of aromatic nitrogens is 2. The second-order valence-electron chi connectivity index (χ2n) is 4.58. The van der Waals surface area contributed by atoms with Crippen molar-refractivity contribution in [1.29, 1.82) is 0 Å². The van der Waals surface area contributed by atoms with Crippen LogP contribution in [0.25, 0.3) is 22.2 Å². The molecule has 6 heteroatoms. The summed E-state index contributed by atoms with van der Waals surface area (Å²) in [6.45, 7) is 5.64. The van der Waals surface area contributed by atoms with Gasteiger partial charge in [-0.2, -0.15) is 0 Å². The number of carboxylic acid groups (broad SMARTS) is 1. The summed E-state index contributed by atoms with van der Waals surface area (Å²) in [6, 6.07) is 0. The third kappa shape index (κ3) is 1.61. The first-order valence-electron chi connectivity index (χ1n) is 6.51. The van der Waals surface area contributed by atoms with Crippen LogP contribution in [0.15, 0.2) is 8.83 Å². The summed E-state index contributed by atoms with van der Waals surface area (Å²) in [7, 11) is 0. The summed E-state index contributed by atoms with van der Waals surface area (Å²) >= 11 is 0. The predicted molar refractivity (Wildman–Crippen MR) is 72.0 cm³/mol. The monoisotopic (exact) mass is 274 g/mol. The minimum absolute atomic E-state index is 0.0243. The predicted octanol–water partition coefficient (Wildman–Crippen LogP) is 3.10. The summed E-state index contributed by atoms with van der Waals surface area (Å²) in [5.74, 6) is -0.0716. The van der Waals surface area contributed by atoms with Gasteiger partial charge in [-0.05, 0) is 6.92 Å². The van der Waals surface area contributed by atoms with Crippen molar-refractivity contribution in [3.8, 4) is 0 Å². The zero-order valence-electron chi connectivity index (χ0n) is 11.5. The van der Waals surface area contributed by atoms with E-state index in [1.54, 1.807) is 0 Å². The third-order valence-electron chi connectivity index (χ3n) is 3.32. The maximum atomic E-state index is 11.6. The molecule has 20 heavy (non-hydrogen) atoms. The minimum atomic E-state index is -1.09. The van der Waals surface area contributed by atoms with Gasteiger partial charge < -0.3 is 13.9 Å². The molecule has 0 saturated heterocycles. The zero-order valence-corrected chi connectivity index (χ0v) is 11.5. The Morgan fingerprint density at radius 2 is 1.60 bits per heavy atom. The Bertz CT molecular complexity index is 769. The summed E-state index contributed by atoms with van der Waals surface area (Å²) in [5.41, 5.74) is 2.40. The van der Waals surface area contributed by atoms with Gasteiger partial charge in [0.25, 0.3) is 0 Å². The van der Waals surface area contributed by atoms with Crippen LogP contribution in [0.4, 0.5) is 0 Å². The number of oxazole rings is 2. The van der Waals surface area contributed by atoms with Crippen molar-refractivity contribution in [3.63, 3.8) is 0 Å². The molecule has 0 aliphatic carbocycles. The van der Waals surface area contributed by atoms with Crippen LogP contribution in [0.5, 0.6) is 0 Å². The molecule has 3 rings (SSSR count). The lowest BCUT2D eigenvalue weighted by atomic mass is 10.1. The molecular weight excluding hydrogens is 260 g/mol. The highest BCUT2D eigenvalue weighted by molar-refractivity contribution is 6.12. The van der Waals surface area contributed by atoms with E-state index in [0.29, 0.717) is 41.2 Å². The smallest absolute Gasteiger partial charge is 0.341 e. The summed E-state index contributed by atoms with van der Waals surface area (Å²) in [4.78, 5) is 20.2. The van der Waals surface area contributed by atoms with E-state index in [9.17, 15) is 9.90 Å². The molecule has 1 aromatic carbocycles. The highest BCUT2D eigenvalue weighted by Gasteiger charge is 2.25. The molecule has 0 atom stereocenters. The van der Waals surface area contributed by atoms with Crippen molar-refractivity contribution in [2.24, 2.45) is 0 Å². The molecule has 104 valence electrons. The second-order valence-corrected chi connectivity index (χ2v) is 4.58. The number of rotatable bonds is 3. The van der Waals surface area contributed by atoms with E-state index in [2.05, 4.69) is 9.97 Å². The number of hydrogen-bond acceptors (Lipinski definition) is 5. The molecule has 2 aromatic heterocycles. The maximum absolute atomic E-state index is 11.6. The molecule has 0 bridgehead atoms. The molecule has 0 amide bonds. The molecule has 0 aliphatic heterocycles. The Kier molecular flexibility index (Phi) is 2.74. The van der Waals surface area contributed by atoms with Crippen molar-refractivity contribution in [2.75, 3.05) is 0 Å². The molecule has 3 aromatic rings. The van der Waals surface area contributed by atoms with Crippen molar-refractivity contribution >= 4 is 28.2 Å². The van der Waals surface area contributed by atoms with Gasteiger partial charge >= 0.3 is 5.97 Å². The zero-order chi connectivity index (χ0) is 14.4. The standard InChI is InChI=1S/C14H14N2O4/c1-4-7-15-10-6(3)12-11(16-8(5-2)19-12)9(14(17)18)13(10)20-7/h4-5H2,1-3H3,(H,17,18). The van der Waals surface area contributed by atoms with Gasteiger partial charge in [-0.15, -0.1) is 0 Å². The van der Waals surface area contributed by atoms with Crippen LogP contribution in [0, 0.1) is 6.92 Å². The fraction of sp³-hybridized carbons (Fsp3) is 0.357. The fourth-order valence-electron chi connectivity index (χ4n) is 2.29. The quantitative estimate of drug-likeness (QED) is 0.789. The average Bonchev–Trinajstić information content (AvgIpc) is 3.02. The van der Waals surface area contributed by atoms with Crippen LogP contribution in [0.2, 0.25) is 0 Å². The molecule has 0 fully saturated rings. The van der Waals surface area contributed by atoms with E-state index in [-0.39, 0.29) is 11.1 Å². The number of fused-ring (bicyclic) bond motifs is 2. The Balaban J connectivity index is 2.52. The van der Waals surface area contributed by atoms with Crippen molar-refractivity contribution in [1.82, 2.24) is 9.97 Å². The highest BCUT2D eigenvalue weighted by Crippen LogP contribution is 2.33. The van der Waals surface area contributed by atoms with Crippen molar-refractivity contribution in [2.45, 2.75) is 33.6 Å². The Morgan fingerprint density at radius 1 is 1.05 bits per heavy atom. The van der Waals surface area contributed by atoms with Crippen LogP contribution in [-0.2, 0) is 12.8 Å². The number of carbonyl (C=O) groups is 1. The number of hydrogen-bond donors (Lipinski definition) is 1. The SMILES string of the molecule is CCc1nc2c(C(=O)O)c3oc(CC)nc3c(C)c2o1. The normalized spacial score (nSPS) is 11.6. The molecule has 0 aliphatic rings. The molecule has 1 N–H and O–H groups in total.